The molecule has 0 unspecified atom stereocenters. The van der Waals surface area contributed by atoms with Crippen molar-refractivity contribution in [3.8, 4) is 0 Å². The quantitative estimate of drug-likeness (QED) is 0.901. The molecule has 0 fully saturated rings. The van der Waals surface area contributed by atoms with Gasteiger partial charge in [0.25, 0.3) is 0 Å². The van der Waals surface area contributed by atoms with Crippen LogP contribution in [0.5, 0.6) is 0 Å². The van der Waals surface area contributed by atoms with E-state index in [1.54, 1.807) is 32.9 Å². The molecule has 2 aromatic rings. The molecule has 2 rings (SSSR count). The Morgan fingerprint density at radius 2 is 2.00 bits per heavy atom. The number of nitrogens with one attached hydrogen (secondary N) is 1. The molecule has 1 amide bonds. The van der Waals surface area contributed by atoms with E-state index >= 15 is 0 Å². The molecule has 1 aromatic carbocycles. The average molecular weight is 288 g/mol. The number of nitrogens with zero attached hydrogens (tertiary/aromatic N) is 1. The maximum absolute atomic E-state index is 12.1. The van der Waals surface area contributed by atoms with E-state index in [1.165, 1.54) is 6.07 Å². The van der Waals surface area contributed by atoms with E-state index in [1.807, 2.05) is 0 Å². The first kappa shape index (κ1) is 14.8. The number of benzene rings is 1. The molecule has 6 nitrogen and oxygen atoms in total. The van der Waals surface area contributed by atoms with Crippen LogP contribution in [0.2, 0.25) is 0 Å². The summed E-state index contributed by atoms with van der Waals surface area (Å²) in [5, 5.41) is 15.6. The minimum absolute atomic E-state index is 0.0714. The Hall–Kier alpha value is -2.63. The standard InChI is InChI=1S/C15H16N2O4/c1-8-4-5-13(12(6-8)15(19)20)16-14(18)7-11-9(2)17-21-10(11)3/h4-6H,7H2,1-3H3,(H,16,18)(H,19,20). The van der Waals surface area contributed by atoms with Gasteiger partial charge in [0, 0.05) is 5.56 Å². The third-order valence-corrected chi connectivity index (χ3v) is 3.20. The van der Waals surface area contributed by atoms with Crippen molar-refractivity contribution >= 4 is 17.6 Å². The average Bonchev–Trinajstić information content (AvgIpc) is 2.72. The molecule has 0 atom stereocenters. The van der Waals surface area contributed by atoms with Crippen LogP contribution in [-0.4, -0.2) is 22.1 Å². The van der Waals surface area contributed by atoms with E-state index in [4.69, 9.17) is 4.52 Å². The number of carboxylic acids is 1. The molecule has 2 N–H and O–H groups in total. The lowest BCUT2D eigenvalue weighted by Crippen LogP contribution is -2.17. The van der Waals surface area contributed by atoms with Crippen LogP contribution >= 0.6 is 0 Å². The minimum Gasteiger partial charge on any atom is -0.478 e. The molecule has 21 heavy (non-hydrogen) atoms. The summed E-state index contributed by atoms with van der Waals surface area (Å²) >= 11 is 0. The molecule has 0 aliphatic heterocycles. The van der Waals surface area contributed by atoms with Crippen molar-refractivity contribution in [1.29, 1.82) is 0 Å². The summed E-state index contributed by atoms with van der Waals surface area (Å²) in [6.07, 6.45) is 0.0914. The number of anilines is 1. The molecule has 0 aliphatic carbocycles. The zero-order chi connectivity index (χ0) is 15.6. The first-order valence-corrected chi connectivity index (χ1v) is 6.44. The van der Waals surface area contributed by atoms with Crippen LogP contribution in [0.1, 0.15) is 32.9 Å². The highest BCUT2D eigenvalue weighted by Crippen LogP contribution is 2.19. The Bertz CT molecular complexity index is 684. The number of carbonyl (C=O) groups excluding carboxylic acids is 1. The fraction of sp³-hybridized carbons (Fsp3) is 0.267. The van der Waals surface area contributed by atoms with Crippen LogP contribution in [-0.2, 0) is 11.2 Å². The van der Waals surface area contributed by atoms with Crippen LogP contribution in [0.25, 0.3) is 0 Å². The zero-order valence-corrected chi connectivity index (χ0v) is 12.1. The predicted molar refractivity (Wildman–Crippen MR) is 76.4 cm³/mol. The lowest BCUT2D eigenvalue weighted by molar-refractivity contribution is -0.115. The van der Waals surface area contributed by atoms with E-state index in [9.17, 15) is 14.7 Å². The highest BCUT2D eigenvalue weighted by molar-refractivity contribution is 6.01. The van der Waals surface area contributed by atoms with Crippen molar-refractivity contribution in [1.82, 2.24) is 5.16 Å². The SMILES string of the molecule is Cc1ccc(NC(=O)Cc2c(C)noc2C)c(C(=O)O)c1. The molecule has 110 valence electrons. The third-order valence-electron chi connectivity index (χ3n) is 3.20. The Morgan fingerprint density at radius 1 is 1.29 bits per heavy atom. The second kappa shape index (κ2) is 5.78. The molecule has 1 heterocycles. The highest BCUT2D eigenvalue weighted by Gasteiger charge is 2.16. The second-order valence-corrected chi connectivity index (χ2v) is 4.88. The number of rotatable bonds is 4. The molecular formula is C15H16N2O4. The topological polar surface area (TPSA) is 92.4 Å². The van der Waals surface area contributed by atoms with Gasteiger partial charge in [0.15, 0.2) is 0 Å². The first-order valence-electron chi connectivity index (χ1n) is 6.44. The van der Waals surface area contributed by atoms with E-state index in [-0.39, 0.29) is 23.6 Å². The Balaban J connectivity index is 2.19. The maximum atomic E-state index is 12.1. The van der Waals surface area contributed by atoms with Crippen molar-refractivity contribution in [2.75, 3.05) is 5.32 Å². The molecule has 0 saturated carbocycles. The monoisotopic (exact) mass is 288 g/mol. The molecule has 0 aliphatic rings. The summed E-state index contributed by atoms with van der Waals surface area (Å²) in [6.45, 7) is 5.28. The smallest absolute Gasteiger partial charge is 0.337 e. The largest absolute Gasteiger partial charge is 0.478 e. The van der Waals surface area contributed by atoms with E-state index in [0.29, 0.717) is 11.5 Å². The molecule has 0 saturated heterocycles. The summed E-state index contributed by atoms with van der Waals surface area (Å²) in [6, 6.07) is 4.86. The number of carboxylic acid groups (broad SMARTS) is 1. The van der Waals surface area contributed by atoms with Gasteiger partial charge < -0.3 is 14.9 Å². The van der Waals surface area contributed by atoms with Crippen LogP contribution in [0.15, 0.2) is 22.7 Å². The lowest BCUT2D eigenvalue weighted by Gasteiger charge is -2.09. The van der Waals surface area contributed by atoms with Gasteiger partial charge in [-0.2, -0.15) is 0 Å². The predicted octanol–water partition coefficient (Wildman–Crippen LogP) is 2.48. The summed E-state index contributed by atoms with van der Waals surface area (Å²) in [5.41, 5.74) is 2.55. The molecule has 0 radical (unpaired) electrons. The van der Waals surface area contributed by atoms with Crippen LogP contribution in [0.3, 0.4) is 0 Å². The van der Waals surface area contributed by atoms with E-state index < -0.39 is 5.97 Å². The number of aromatic carboxylic acids is 1. The van der Waals surface area contributed by atoms with Crippen LogP contribution < -0.4 is 5.32 Å². The molecule has 0 spiro atoms. The fourth-order valence-electron chi connectivity index (χ4n) is 2.05. The number of aryl methyl sites for hydroxylation is 3. The van der Waals surface area contributed by atoms with Gasteiger partial charge in [-0.1, -0.05) is 16.8 Å². The van der Waals surface area contributed by atoms with Gasteiger partial charge in [-0.3, -0.25) is 4.79 Å². The zero-order valence-electron chi connectivity index (χ0n) is 12.1. The fourth-order valence-corrected chi connectivity index (χ4v) is 2.05. The summed E-state index contributed by atoms with van der Waals surface area (Å²) in [7, 11) is 0. The Morgan fingerprint density at radius 3 is 2.57 bits per heavy atom. The van der Waals surface area contributed by atoms with E-state index in [2.05, 4.69) is 10.5 Å². The van der Waals surface area contributed by atoms with Crippen molar-refractivity contribution in [2.45, 2.75) is 27.2 Å². The van der Waals surface area contributed by atoms with Crippen molar-refractivity contribution in [3.05, 3.63) is 46.3 Å². The summed E-state index contributed by atoms with van der Waals surface area (Å²) < 4.78 is 5.00. The molecule has 6 heteroatoms. The van der Waals surface area contributed by atoms with Gasteiger partial charge in [0.05, 0.1) is 23.4 Å². The van der Waals surface area contributed by atoms with Gasteiger partial charge in [0.1, 0.15) is 5.76 Å². The highest BCUT2D eigenvalue weighted by atomic mass is 16.5. The Labute approximate surface area is 121 Å². The summed E-state index contributed by atoms with van der Waals surface area (Å²) in [4.78, 5) is 23.3. The summed E-state index contributed by atoms with van der Waals surface area (Å²) in [5.74, 6) is -0.799. The van der Waals surface area contributed by atoms with Gasteiger partial charge in [-0.05, 0) is 32.9 Å². The lowest BCUT2D eigenvalue weighted by atomic mass is 10.1. The Kier molecular flexibility index (Phi) is 4.07. The number of amides is 1. The number of carbonyl (C=O) groups is 2. The molecular weight excluding hydrogens is 272 g/mol. The van der Waals surface area contributed by atoms with Gasteiger partial charge in [0.2, 0.25) is 5.91 Å². The van der Waals surface area contributed by atoms with Crippen LogP contribution in [0, 0.1) is 20.8 Å². The van der Waals surface area contributed by atoms with Crippen molar-refractivity contribution in [2.24, 2.45) is 0 Å². The maximum Gasteiger partial charge on any atom is 0.337 e. The normalized spacial score (nSPS) is 10.4. The number of hydrogen-bond acceptors (Lipinski definition) is 4. The van der Waals surface area contributed by atoms with E-state index in [0.717, 1.165) is 11.1 Å². The van der Waals surface area contributed by atoms with Gasteiger partial charge in [-0.15, -0.1) is 0 Å². The van der Waals surface area contributed by atoms with Crippen molar-refractivity contribution < 1.29 is 19.2 Å². The molecule has 0 bridgehead atoms. The third kappa shape index (κ3) is 3.28. The number of aromatic nitrogens is 1. The molecule has 1 aromatic heterocycles. The first-order chi connectivity index (χ1) is 9.88. The number of hydrogen-bond donors (Lipinski definition) is 2. The minimum atomic E-state index is -1.08. The van der Waals surface area contributed by atoms with Gasteiger partial charge in [-0.25, -0.2) is 4.79 Å². The van der Waals surface area contributed by atoms with Crippen LogP contribution in [0.4, 0.5) is 5.69 Å². The van der Waals surface area contributed by atoms with Gasteiger partial charge >= 0.3 is 5.97 Å². The second-order valence-electron chi connectivity index (χ2n) is 4.88. The van der Waals surface area contributed by atoms with Crippen molar-refractivity contribution in [3.63, 3.8) is 0 Å².